The Balaban J connectivity index is 1.11. The zero-order chi connectivity index (χ0) is 27.4. The van der Waals surface area contributed by atoms with E-state index in [1.165, 1.54) is 6.07 Å². The van der Waals surface area contributed by atoms with E-state index in [0.29, 0.717) is 43.0 Å². The highest BCUT2D eigenvalue weighted by Crippen LogP contribution is 2.41. The summed E-state index contributed by atoms with van der Waals surface area (Å²) >= 11 is 0. The third kappa shape index (κ3) is 4.02. The van der Waals surface area contributed by atoms with Crippen LogP contribution in [0.15, 0.2) is 61.1 Å². The number of aromatic nitrogens is 3. The number of rotatable bonds is 5. The Kier molecular flexibility index (Phi) is 5.83. The number of hydrogen-bond acceptors (Lipinski definition) is 6. The molecule has 2 fully saturated rings. The van der Waals surface area contributed by atoms with Gasteiger partial charge in [0.1, 0.15) is 6.04 Å². The molecule has 1 atom stereocenters. The summed E-state index contributed by atoms with van der Waals surface area (Å²) in [5.74, 6) is -0.840. The van der Waals surface area contributed by atoms with Crippen molar-refractivity contribution < 1.29 is 18.8 Å². The Morgan fingerprint density at radius 2 is 1.85 bits per heavy atom. The van der Waals surface area contributed by atoms with E-state index in [-0.39, 0.29) is 30.1 Å². The molecule has 9 nitrogen and oxygen atoms in total. The number of halogens is 1. The summed E-state index contributed by atoms with van der Waals surface area (Å²) in [5.41, 5.74) is 3.41. The SMILES string of the molecule is O=C1CCC(N2C(=O)c3cccc4c(Cc5cnn(C6CCN(c7ncccc7F)CC6)c5)ccc2c34)C(=O)N1. The average Bonchev–Trinajstić information content (AvgIpc) is 3.54. The van der Waals surface area contributed by atoms with E-state index in [0.717, 1.165) is 34.7 Å². The van der Waals surface area contributed by atoms with Crippen LogP contribution >= 0.6 is 0 Å². The average molecular weight is 539 g/mol. The highest BCUT2D eigenvalue weighted by atomic mass is 19.1. The number of nitrogens with one attached hydrogen (secondary N) is 1. The number of carbonyl (C=O) groups excluding carboxylic acids is 3. The van der Waals surface area contributed by atoms with E-state index in [4.69, 9.17) is 0 Å². The van der Waals surface area contributed by atoms with Crippen LogP contribution in [-0.2, 0) is 16.0 Å². The summed E-state index contributed by atoms with van der Waals surface area (Å²) < 4.78 is 16.2. The molecule has 3 amide bonds. The van der Waals surface area contributed by atoms with Crippen LogP contribution in [0, 0.1) is 5.82 Å². The molecule has 7 rings (SSSR count). The summed E-state index contributed by atoms with van der Waals surface area (Å²) in [6.45, 7) is 1.42. The lowest BCUT2D eigenvalue weighted by Gasteiger charge is -2.32. The molecular formula is C30H27FN6O3. The maximum absolute atomic E-state index is 14.2. The maximum atomic E-state index is 14.2. The van der Waals surface area contributed by atoms with E-state index in [2.05, 4.69) is 21.6 Å². The highest BCUT2D eigenvalue weighted by Gasteiger charge is 2.40. The Labute approximate surface area is 229 Å². The summed E-state index contributed by atoms with van der Waals surface area (Å²) in [7, 11) is 0. The first kappa shape index (κ1) is 24.4. The molecule has 0 spiro atoms. The molecule has 4 aromatic rings. The summed E-state index contributed by atoms with van der Waals surface area (Å²) in [4.78, 5) is 45.4. The second-order valence-electron chi connectivity index (χ2n) is 10.6. The van der Waals surface area contributed by atoms with Gasteiger partial charge in [0, 0.05) is 49.3 Å². The fraction of sp³-hybridized carbons (Fsp3) is 0.300. The van der Waals surface area contributed by atoms with Crippen LogP contribution in [-0.4, -0.2) is 51.6 Å². The fourth-order valence-electron chi connectivity index (χ4n) is 6.30. The van der Waals surface area contributed by atoms with Crippen molar-refractivity contribution in [2.24, 2.45) is 0 Å². The minimum atomic E-state index is -0.703. The molecule has 3 aliphatic heterocycles. The van der Waals surface area contributed by atoms with Crippen molar-refractivity contribution >= 4 is 40.0 Å². The molecule has 5 heterocycles. The van der Waals surface area contributed by atoms with Crippen LogP contribution in [0.5, 0.6) is 0 Å². The molecule has 202 valence electrons. The minimum Gasteiger partial charge on any atom is -0.354 e. The molecule has 3 aliphatic rings. The van der Waals surface area contributed by atoms with Crippen molar-refractivity contribution in [3.05, 3.63) is 83.6 Å². The van der Waals surface area contributed by atoms with Gasteiger partial charge in [-0.3, -0.25) is 29.3 Å². The standard InChI is InChI=1S/C30H27FN6O3/c31-23-5-2-12-32-28(23)35-13-10-20(11-14-35)36-17-18(16-33-36)15-19-6-7-24-27-21(19)3-1-4-22(27)30(40)37(24)25-8-9-26(38)34-29(25)39/h1-7,12,16-17,20,25H,8-11,13-15H2,(H,34,38,39). The molecule has 2 saturated heterocycles. The predicted octanol–water partition coefficient (Wildman–Crippen LogP) is 3.77. The quantitative estimate of drug-likeness (QED) is 0.389. The highest BCUT2D eigenvalue weighted by molar-refractivity contribution is 6.27. The molecule has 0 radical (unpaired) electrons. The third-order valence-corrected chi connectivity index (χ3v) is 8.27. The second kappa shape index (κ2) is 9.55. The molecule has 2 aromatic carbocycles. The number of amides is 3. The molecule has 0 aliphatic carbocycles. The van der Waals surface area contributed by atoms with Gasteiger partial charge < -0.3 is 4.90 Å². The Hall–Kier alpha value is -4.60. The lowest BCUT2D eigenvalue weighted by atomic mass is 9.97. The van der Waals surface area contributed by atoms with Gasteiger partial charge in [0.05, 0.1) is 17.9 Å². The number of nitrogens with zero attached hydrogens (tertiary/aromatic N) is 5. The topological polar surface area (TPSA) is 100 Å². The normalized spacial score (nSPS) is 19.5. The number of benzene rings is 2. The van der Waals surface area contributed by atoms with Gasteiger partial charge in [0.15, 0.2) is 11.6 Å². The monoisotopic (exact) mass is 538 g/mol. The maximum Gasteiger partial charge on any atom is 0.259 e. The molecule has 1 unspecified atom stereocenters. The van der Waals surface area contributed by atoms with E-state index in [9.17, 15) is 18.8 Å². The van der Waals surface area contributed by atoms with Crippen molar-refractivity contribution in [3.63, 3.8) is 0 Å². The molecule has 0 saturated carbocycles. The van der Waals surface area contributed by atoms with E-state index in [1.54, 1.807) is 23.2 Å². The van der Waals surface area contributed by atoms with Gasteiger partial charge in [-0.15, -0.1) is 0 Å². The molecular weight excluding hydrogens is 511 g/mol. The number of carbonyl (C=O) groups is 3. The van der Waals surface area contributed by atoms with E-state index < -0.39 is 11.9 Å². The summed E-state index contributed by atoms with van der Waals surface area (Å²) in [6, 6.07) is 12.2. The smallest absolute Gasteiger partial charge is 0.259 e. The van der Waals surface area contributed by atoms with Crippen molar-refractivity contribution in [2.45, 2.75) is 44.2 Å². The van der Waals surface area contributed by atoms with Crippen LogP contribution < -0.4 is 15.1 Å². The molecule has 10 heteroatoms. The number of hydrogen-bond donors (Lipinski definition) is 1. The molecule has 2 aromatic heterocycles. The molecule has 40 heavy (non-hydrogen) atoms. The summed E-state index contributed by atoms with van der Waals surface area (Å²) in [6.07, 6.45) is 8.43. The Bertz CT molecular complexity index is 1680. The summed E-state index contributed by atoms with van der Waals surface area (Å²) in [5, 5.41) is 8.83. The van der Waals surface area contributed by atoms with Gasteiger partial charge >= 0.3 is 0 Å². The van der Waals surface area contributed by atoms with Crippen LogP contribution in [0.1, 0.15) is 53.2 Å². The predicted molar refractivity (Wildman–Crippen MR) is 147 cm³/mol. The van der Waals surface area contributed by atoms with Crippen LogP contribution in [0.2, 0.25) is 0 Å². The van der Waals surface area contributed by atoms with Gasteiger partial charge in [-0.25, -0.2) is 9.37 Å². The Morgan fingerprint density at radius 3 is 2.65 bits per heavy atom. The zero-order valence-electron chi connectivity index (χ0n) is 21.7. The molecule has 1 N–H and O–H groups in total. The van der Waals surface area contributed by atoms with Gasteiger partial charge in [-0.05, 0) is 60.0 Å². The minimum absolute atomic E-state index is 0.209. The number of piperidine rings is 2. The van der Waals surface area contributed by atoms with Crippen molar-refractivity contribution in [2.75, 3.05) is 22.9 Å². The second-order valence-corrected chi connectivity index (χ2v) is 10.6. The van der Waals surface area contributed by atoms with Crippen molar-refractivity contribution in [3.8, 4) is 0 Å². The van der Waals surface area contributed by atoms with Gasteiger partial charge in [0.2, 0.25) is 11.8 Å². The number of anilines is 2. The van der Waals surface area contributed by atoms with Crippen LogP contribution in [0.25, 0.3) is 10.8 Å². The van der Waals surface area contributed by atoms with Crippen LogP contribution in [0.3, 0.4) is 0 Å². The fourth-order valence-corrected chi connectivity index (χ4v) is 6.30. The van der Waals surface area contributed by atoms with Crippen LogP contribution in [0.4, 0.5) is 15.9 Å². The van der Waals surface area contributed by atoms with Crippen molar-refractivity contribution in [1.82, 2.24) is 20.1 Å². The van der Waals surface area contributed by atoms with Crippen molar-refractivity contribution in [1.29, 1.82) is 0 Å². The van der Waals surface area contributed by atoms with E-state index in [1.807, 2.05) is 40.0 Å². The number of imide groups is 1. The zero-order valence-corrected chi connectivity index (χ0v) is 21.7. The largest absolute Gasteiger partial charge is 0.354 e. The Morgan fingerprint density at radius 1 is 1.00 bits per heavy atom. The van der Waals surface area contributed by atoms with Gasteiger partial charge in [-0.1, -0.05) is 18.2 Å². The lowest BCUT2D eigenvalue weighted by molar-refractivity contribution is -0.134. The molecule has 0 bridgehead atoms. The first-order valence-corrected chi connectivity index (χ1v) is 13.6. The van der Waals surface area contributed by atoms with E-state index >= 15 is 0 Å². The number of pyridine rings is 1. The first-order chi connectivity index (χ1) is 19.5. The lowest BCUT2D eigenvalue weighted by Crippen LogP contribution is -2.53. The third-order valence-electron chi connectivity index (χ3n) is 8.27. The van der Waals surface area contributed by atoms with Gasteiger partial charge in [0.25, 0.3) is 5.91 Å². The first-order valence-electron chi connectivity index (χ1n) is 13.6. The van der Waals surface area contributed by atoms with Gasteiger partial charge in [-0.2, -0.15) is 5.10 Å².